The van der Waals surface area contributed by atoms with Crippen molar-refractivity contribution >= 4 is 11.8 Å². The average molecular weight is 226 g/mol. The Hall–Kier alpha value is -1.06. The number of hydrogen-bond donors (Lipinski definition) is 0. The zero-order valence-electron chi connectivity index (χ0n) is 10.7. The smallest absolute Gasteiger partial charge is 0.226 e. The highest BCUT2D eigenvalue weighted by Gasteiger charge is 2.29. The Kier molecular flexibility index (Phi) is 4.33. The first-order chi connectivity index (χ1) is 7.43. The average Bonchev–Trinajstić information content (AvgIpc) is 2.26. The molecule has 1 aliphatic heterocycles. The van der Waals surface area contributed by atoms with Crippen molar-refractivity contribution in [1.29, 1.82) is 0 Å². The fraction of sp³-hybridized carbons (Fsp3) is 0.833. The van der Waals surface area contributed by atoms with Crippen LogP contribution in [0.15, 0.2) is 0 Å². The van der Waals surface area contributed by atoms with Crippen LogP contribution >= 0.6 is 0 Å². The Balaban J connectivity index is 2.60. The molecule has 4 nitrogen and oxygen atoms in total. The molecule has 1 aliphatic rings. The topological polar surface area (TPSA) is 40.6 Å². The van der Waals surface area contributed by atoms with Crippen LogP contribution in [0.4, 0.5) is 0 Å². The third kappa shape index (κ3) is 2.97. The first-order valence-electron chi connectivity index (χ1n) is 5.93. The lowest BCUT2D eigenvalue weighted by Crippen LogP contribution is -2.46. The molecule has 0 N–H and O–H groups in total. The van der Waals surface area contributed by atoms with Gasteiger partial charge in [-0.15, -0.1) is 0 Å². The molecular formula is C12H22N2O2. The van der Waals surface area contributed by atoms with Crippen LogP contribution in [0.25, 0.3) is 0 Å². The van der Waals surface area contributed by atoms with Crippen molar-refractivity contribution in [2.45, 2.75) is 26.7 Å². The minimum absolute atomic E-state index is 0.00792. The van der Waals surface area contributed by atoms with Crippen LogP contribution in [-0.2, 0) is 9.59 Å². The minimum Gasteiger partial charge on any atom is -0.349 e. The highest BCUT2D eigenvalue weighted by atomic mass is 16.2. The molecule has 0 aromatic rings. The zero-order chi connectivity index (χ0) is 12.3. The van der Waals surface area contributed by atoms with Gasteiger partial charge in [0.05, 0.1) is 5.92 Å². The summed E-state index contributed by atoms with van der Waals surface area (Å²) in [6.45, 7) is 5.20. The number of rotatable bonds is 2. The SMILES string of the molecule is CC(C)C(=O)N1CCC[C@@H](C(=O)N(C)C)C1. The maximum atomic E-state index is 11.8. The quantitative estimate of drug-likeness (QED) is 0.704. The molecule has 1 rings (SSSR count). The van der Waals surface area contributed by atoms with Crippen molar-refractivity contribution < 1.29 is 9.59 Å². The minimum atomic E-state index is -0.00792. The molecule has 92 valence electrons. The van der Waals surface area contributed by atoms with E-state index in [0.717, 1.165) is 19.4 Å². The van der Waals surface area contributed by atoms with E-state index < -0.39 is 0 Å². The van der Waals surface area contributed by atoms with Gasteiger partial charge in [0.1, 0.15) is 0 Å². The number of hydrogen-bond acceptors (Lipinski definition) is 2. The summed E-state index contributed by atoms with van der Waals surface area (Å²) >= 11 is 0. The summed E-state index contributed by atoms with van der Waals surface area (Å²) in [4.78, 5) is 27.1. The van der Waals surface area contributed by atoms with Crippen molar-refractivity contribution in [3.63, 3.8) is 0 Å². The molecule has 0 radical (unpaired) electrons. The summed E-state index contributed by atoms with van der Waals surface area (Å²) in [5, 5.41) is 0. The Morgan fingerprint density at radius 3 is 2.44 bits per heavy atom. The fourth-order valence-electron chi connectivity index (χ4n) is 2.11. The van der Waals surface area contributed by atoms with Crippen LogP contribution < -0.4 is 0 Å². The van der Waals surface area contributed by atoms with Crippen molar-refractivity contribution in [3.05, 3.63) is 0 Å². The van der Waals surface area contributed by atoms with E-state index in [1.165, 1.54) is 0 Å². The second kappa shape index (κ2) is 5.32. The molecular weight excluding hydrogens is 204 g/mol. The van der Waals surface area contributed by atoms with Crippen LogP contribution in [0.2, 0.25) is 0 Å². The van der Waals surface area contributed by atoms with E-state index in [9.17, 15) is 9.59 Å². The predicted octanol–water partition coefficient (Wildman–Crippen LogP) is 0.969. The molecule has 0 saturated carbocycles. The third-order valence-electron chi connectivity index (χ3n) is 3.02. The Morgan fingerprint density at radius 2 is 1.94 bits per heavy atom. The van der Waals surface area contributed by atoms with Gasteiger partial charge in [0, 0.05) is 33.1 Å². The third-order valence-corrected chi connectivity index (χ3v) is 3.02. The summed E-state index contributed by atoms with van der Waals surface area (Å²) < 4.78 is 0. The molecule has 0 aromatic carbocycles. The highest BCUT2D eigenvalue weighted by molar-refractivity contribution is 5.81. The summed E-state index contributed by atoms with van der Waals surface area (Å²) in [5.74, 6) is 0.317. The molecule has 0 aliphatic carbocycles. The van der Waals surface area contributed by atoms with E-state index in [4.69, 9.17) is 0 Å². The molecule has 16 heavy (non-hydrogen) atoms. The molecule has 0 aromatic heterocycles. The molecule has 0 bridgehead atoms. The molecule has 1 saturated heterocycles. The molecule has 0 unspecified atom stereocenters. The van der Waals surface area contributed by atoms with Gasteiger partial charge in [-0.3, -0.25) is 9.59 Å². The van der Waals surface area contributed by atoms with Gasteiger partial charge in [-0.05, 0) is 12.8 Å². The fourth-order valence-corrected chi connectivity index (χ4v) is 2.11. The van der Waals surface area contributed by atoms with E-state index in [1.54, 1.807) is 19.0 Å². The number of carbonyl (C=O) groups excluding carboxylic acids is 2. The summed E-state index contributed by atoms with van der Waals surface area (Å²) in [7, 11) is 3.54. The first kappa shape index (κ1) is 13.0. The van der Waals surface area contributed by atoms with E-state index >= 15 is 0 Å². The molecule has 1 atom stereocenters. The second-order valence-electron chi connectivity index (χ2n) is 5.01. The Morgan fingerprint density at radius 1 is 1.31 bits per heavy atom. The van der Waals surface area contributed by atoms with Gasteiger partial charge in [-0.25, -0.2) is 0 Å². The molecule has 1 heterocycles. The van der Waals surface area contributed by atoms with Gasteiger partial charge in [0.2, 0.25) is 11.8 Å². The van der Waals surface area contributed by atoms with Crippen molar-refractivity contribution in [1.82, 2.24) is 9.80 Å². The number of carbonyl (C=O) groups is 2. The first-order valence-corrected chi connectivity index (χ1v) is 5.93. The number of amides is 2. The van der Waals surface area contributed by atoms with E-state index in [1.807, 2.05) is 18.7 Å². The molecule has 0 spiro atoms. The summed E-state index contributed by atoms with van der Waals surface area (Å²) in [6.07, 6.45) is 1.83. The van der Waals surface area contributed by atoms with Crippen LogP contribution in [0, 0.1) is 11.8 Å². The predicted molar refractivity (Wildman–Crippen MR) is 62.8 cm³/mol. The van der Waals surface area contributed by atoms with Gasteiger partial charge in [0.15, 0.2) is 0 Å². The van der Waals surface area contributed by atoms with Gasteiger partial charge >= 0.3 is 0 Å². The number of nitrogens with zero attached hydrogens (tertiary/aromatic N) is 2. The van der Waals surface area contributed by atoms with E-state index in [0.29, 0.717) is 6.54 Å². The monoisotopic (exact) mass is 226 g/mol. The van der Waals surface area contributed by atoms with Crippen LogP contribution in [0.3, 0.4) is 0 Å². The summed E-state index contributed by atoms with van der Waals surface area (Å²) in [5.41, 5.74) is 0. The van der Waals surface area contributed by atoms with Gasteiger partial charge in [0.25, 0.3) is 0 Å². The van der Waals surface area contributed by atoms with Crippen LogP contribution in [0.1, 0.15) is 26.7 Å². The van der Waals surface area contributed by atoms with Gasteiger partial charge < -0.3 is 9.80 Å². The van der Waals surface area contributed by atoms with E-state index in [-0.39, 0.29) is 23.7 Å². The lowest BCUT2D eigenvalue weighted by molar-refractivity contribution is -0.141. The number of piperidine rings is 1. The van der Waals surface area contributed by atoms with Crippen molar-refractivity contribution in [3.8, 4) is 0 Å². The normalized spacial score (nSPS) is 21.1. The molecule has 2 amide bonds. The standard InChI is InChI=1S/C12H22N2O2/c1-9(2)11(15)14-7-5-6-10(8-14)12(16)13(3)4/h9-10H,5-8H2,1-4H3/t10-/m1/s1. The van der Waals surface area contributed by atoms with Crippen LogP contribution in [0.5, 0.6) is 0 Å². The maximum Gasteiger partial charge on any atom is 0.226 e. The lowest BCUT2D eigenvalue weighted by Gasteiger charge is -2.34. The Labute approximate surface area is 97.6 Å². The van der Waals surface area contributed by atoms with E-state index in [2.05, 4.69) is 0 Å². The number of likely N-dealkylation sites (tertiary alicyclic amines) is 1. The van der Waals surface area contributed by atoms with Crippen LogP contribution in [-0.4, -0.2) is 48.8 Å². The largest absolute Gasteiger partial charge is 0.349 e. The van der Waals surface area contributed by atoms with Crippen molar-refractivity contribution in [2.75, 3.05) is 27.2 Å². The molecule has 4 heteroatoms. The maximum absolute atomic E-state index is 11.8. The Bertz CT molecular complexity index is 248. The van der Waals surface area contributed by atoms with Crippen molar-refractivity contribution in [2.24, 2.45) is 11.8 Å². The summed E-state index contributed by atoms with van der Waals surface area (Å²) in [6, 6.07) is 0. The lowest BCUT2D eigenvalue weighted by atomic mass is 9.96. The van der Waals surface area contributed by atoms with Gasteiger partial charge in [-0.2, -0.15) is 0 Å². The zero-order valence-corrected chi connectivity index (χ0v) is 10.7. The van der Waals surface area contributed by atoms with Gasteiger partial charge in [-0.1, -0.05) is 13.8 Å². The molecule has 1 fully saturated rings. The second-order valence-corrected chi connectivity index (χ2v) is 5.01. The highest BCUT2D eigenvalue weighted by Crippen LogP contribution is 2.19.